The molecule has 4 amide bonds. The van der Waals surface area contributed by atoms with Crippen LogP contribution in [0.15, 0.2) is 51.3 Å². The van der Waals surface area contributed by atoms with Gasteiger partial charge in [0.15, 0.2) is 23.4 Å². The zero-order valence-electron chi connectivity index (χ0n) is 33.4. The zero-order valence-corrected chi connectivity index (χ0v) is 34.2. The van der Waals surface area contributed by atoms with E-state index in [1.54, 1.807) is 0 Å². The van der Waals surface area contributed by atoms with Gasteiger partial charge in [0.05, 0.1) is 32.0 Å². The van der Waals surface area contributed by atoms with E-state index in [0.29, 0.717) is 19.3 Å². The molecule has 0 heterocycles. The van der Waals surface area contributed by atoms with E-state index in [9.17, 15) is 34.2 Å². The first kappa shape index (κ1) is 48.8. The Labute approximate surface area is 346 Å². The Kier molecular flexibility index (Phi) is 22.0. The van der Waals surface area contributed by atoms with Crippen LogP contribution in [0.4, 0.5) is 4.79 Å². The molecule has 2 aromatic rings. The van der Waals surface area contributed by atoms with Crippen molar-refractivity contribution in [3.8, 4) is 23.0 Å². The van der Waals surface area contributed by atoms with E-state index >= 15 is 0 Å². The maximum atomic E-state index is 13.9. The van der Waals surface area contributed by atoms with E-state index in [1.165, 1.54) is 14.2 Å². The summed E-state index contributed by atoms with van der Waals surface area (Å²) in [4.78, 5) is 73.6. The number of thioether (sulfide) groups is 1. The number of guanidine groups is 2. The van der Waals surface area contributed by atoms with Gasteiger partial charge < -0.3 is 73.4 Å². The molecule has 0 aliphatic rings. The molecule has 3 atom stereocenters. The van der Waals surface area contributed by atoms with Crippen LogP contribution in [-0.2, 0) is 35.3 Å². The lowest BCUT2D eigenvalue weighted by molar-refractivity contribution is -0.145. The van der Waals surface area contributed by atoms with Crippen molar-refractivity contribution in [2.45, 2.75) is 74.6 Å². The molecule has 0 saturated carbocycles. The third-order valence-electron chi connectivity index (χ3n) is 8.31. The molecule has 0 aliphatic heterocycles. The highest BCUT2D eigenvalue weighted by Crippen LogP contribution is 2.48. The summed E-state index contributed by atoms with van der Waals surface area (Å²) >= 11 is 0.829. The highest BCUT2D eigenvalue weighted by atomic mass is 32.2. The lowest BCUT2D eigenvalue weighted by Crippen LogP contribution is -2.56. The Morgan fingerprint density at radius 3 is 1.92 bits per heavy atom. The second-order valence-corrected chi connectivity index (χ2v) is 13.7. The molecular formula is C37H56N10O11S. The second-order valence-electron chi connectivity index (χ2n) is 12.7. The Morgan fingerprint density at radius 2 is 1.34 bits per heavy atom. The van der Waals surface area contributed by atoms with Gasteiger partial charge in [-0.3, -0.25) is 24.4 Å². The number of alkyl carbamates (subject to hydrolysis) is 1. The van der Waals surface area contributed by atoms with Crippen LogP contribution in [0.2, 0.25) is 0 Å². The van der Waals surface area contributed by atoms with Gasteiger partial charge in [-0.2, -0.15) is 0 Å². The number of hydrogen-bond donors (Lipinski definition) is 10. The Bertz CT molecular complexity index is 1740. The number of carbonyl (C=O) groups excluding carboxylic acids is 5. The normalized spacial score (nSPS) is 12.1. The van der Waals surface area contributed by atoms with Crippen LogP contribution in [-0.4, -0.2) is 117 Å². The van der Waals surface area contributed by atoms with Crippen molar-refractivity contribution in [2.24, 2.45) is 32.9 Å². The van der Waals surface area contributed by atoms with E-state index < -0.39 is 53.7 Å². The highest BCUT2D eigenvalue weighted by molar-refractivity contribution is 8.00. The summed E-state index contributed by atoms with van der Waals surface area (Å²) in [7, 11) is 3.72. The highest BCUT2D eigenvalue weighted by Gasteiger charge is 2.30. The van der Waals surface area contributed by atoms with Gasteiger partial charge in [-0.05, 0) is 50.5 Å². The number of aromatic hydroxyl groups is 2. The number of phenolic OH excluding ortho intramolecular Hbond substituents is 2. The summed E-state index contributed by atoms with van der Waals surface area (Å²) in [5.74, 6) is -4.36. The molecular weight excluding hydrogens is 793 g/mol. The van der Waals surface area contributed by atoms with Gasteiger partial charge in [-0.25, -0.2) is 9.59 Å². The molecule has 0 aromatic heterocycles. The first-order valence-electron chi connectivity index (χ1n) is 18.5. The fourth-order valence-corrected chi connectivity index (χ4v) is 6.25. The third kappa shape index (κ3) is 18.2. The average molecular weight is 849 g/mol. The minimum atomic E-state index is -1.22. The summed E-state index contributed by atoms with van der Waals surface area (Å²) < 4.78 is 20.4. The maximum Gasteiger partial charge on any atom is 0.407 e. The fraction of sp³-hybridized carbons (Fsp3) is 0.486. The van der Waals surface area contributed by atoms with Crippen molar-refractivity contribution in [1.29, 1.82) is 0 Å². The number of phenols is 2. The number of nitrogens with zero attached hydrogens (tertiary/aromatic N) is 2. The van der Waals surface area contributed by atoms with Crippen LogP contribution in [0.25, 0.3) is 0 Å². The standard InChI is InChI=1S/C37H56N10O11S/c1-55-27-19-26(48)31(30(56-2)29(27)50)59-21-28(49)45-23(13-7-8-16-44-37(54)58-20-22-11-5-4-6-12-22)32(51)46-24(14-9-17-42-35(38)39)33(52)47-25(34(53)57-3)15-10-18-43-36(40)41/h4-6,11-12,19,23-25,48,50H,7-10,13-18,20-21H2,1-3H3,(H,44,54)(H,45,49)(H,46,51)(H,47,52)(H4,38,39,42)(H4,40,41,43)/t23-,24-,25-/m0/s1. The van der Waals surface area contributed by atoms with Gasteiger partial charge in [0.25, 0.3) is 0 Å². The van der Waals surface area contributed by atoms with Crippen LogP contribution in [0.5, 0.6) is 23.0 Å². The van der Waals surface area contributed by atoms with Gasteiger partial charge in [-0.1, -0.05) is 30.3 Å². The number of aliphatic imine (C=N–C) groups is 2. The predicted octanol–water partition coefficient (Wildman–Crippen LogP) is 0.0384. The molecule has 22 heteroatoms. The molecule has 0 bridgehead atoms. The van der Waals surface area contributed by atoms with E-state index in [0.717, 1.165) is 30.5 Å². The molecule has 326 valence electrons. The third-order valence-corrected chi connectivity index (χ3v) is 9.40. The van der Waals surface area contributed by atoms with Crippen molar-refractivity contribution < 1.29 is 53.1 Å². The lowest BCUT2D eigenvalue weighted by atomic mass is 10.1. The van der Waals surface area contributed by atoms with Crippen LogP contribution >= 0.6 is 11.8 Å². The van der Waals surface area contributed by atoms with Crippen molar-refractivity contribution >= 4 is 53.5 Å². The number of nitrogens with two attached hydrogens (primary N) is 4. The number of carbonyl (C=O) groups is 5. The first-order valence-corrected chi connectivity index (χ1v) is 19.5. The van der Waals surface area contributed by atoms with Gasteiger partial charge in [0.2, 0.25) is 23.5 Å². The zero-order chi connectivity index (χ0) is 43.7. The average Bonchev–Trinajstić information content (AvgIpc) is 3.21. The predicted molar refractivity (Wildman–Crippen MR) is 220 cm³/mol. The number of ether oxygens (including phenoxy) is 4. The summed E-state index contributed by atoms with van der Waals surface area (Å²) in [6, 6.07) is 6.76. The number of nitrogens with one attached hydrogen (secondary N) is 4. The molecule has 0 aliphatic carbocycles. The largest absolute Gasteiger partial charge is 0.506 e. The minimum Gasteiger partial charge on any atom is -0.506 e. The molecule has 2 aromatic carbocycles. The number of rotatable bonds is 26. The molecule has 14 N–H and O–H groups in total. The molecule has 59 heavy (non-hydrogen) atoms. The molecule has 0 unspecified atom stereocenters. The van der Waals surface area contributed by atoms with Gasteiger partial charge in [0, 0.05) is 25.7 Å². The van der Waals surface area contributed by atoms with Crippen LogP contribution < -0.4 is 53.7 Å². The number of hydrogen-bond acceptors (Lipinski definition) is 14. The second kappa shape index (κ2) is 26.6. The SMILES string of the molecule is COC(=O)[C@H](CCCN=C(N)N)NC(=O)[C@H](CCCN=C(N)N)NC(=O)[C@H](CCCCNC(=O)OCc1ccccc1)NC(=O)CSc1c(O)cc(OC)c(O)c1OC. The lowest BCUT2D eigenvalue weighted by Gasteiger charge is -2.25. The fourth-order valence-electron chi connectivity index (χ4n) is 5.37. The topological polar surface area (TPSA) is 340 Å². The number of benzene rings is 2. The van der Waals surface area contributed by atoms with Crippen LogP contribution in [0.1, 0.15) is 50.5 Å². The van der Waals surface area contributed by atoms with E-state index in [2.05, 4.69) is 31.3 Å². The summed E-state index contributed by atoms with van der Waals surface area (Å²) in [6.45, 7) is 0.578. The molecule has 2 rings (SSSR count). The van der Waals surface area contributed by atoms with E-state index in [1.807, 2.05) is 30.3 Å². The molecule has 21 nitrogen and oxygen atoms in total. The van der Waals surface area contributed by atoms with E-state index in [4.69, 9.17) is 41.9 Å². The smallest absolute Gasteiger partial charge is 0.407 e. The number of methoxy groups -OCH3 is 3. The Balaban J connectivity index is 2.24. The molecule has 0 radical (unpaired) electrons. The number of unbranched alkanes of at least 4 members (excludes halogenated alkanes) is 1. The molecule has 0 fully saturated rings. The van der Waals surface area contributed by atoms with Gasteiger partial charge in [0.1, 0.15) is 30.5 Å². The Hall–Kier alpha value is -6.32. The number of esters is 1. The summed E-state index contributed by atoms with van der Waals surface area (Å²) in [6.07, 6.45) is 0.837. The van der Waals surface area contributed by atoms with Crippen molar-refractivity contribution in [2.75, 3.05) is 46.7 Å². The summed E-state index contributed by atoms with van der Waals surface area (Å²) in [5.41, 5.74) is 22.5. The molecule has 0 spiro atoms. The van der Waals surface area contributed by atoms with Gasteiger partial charge >= 0.3 is 12.1 Å². The van der Waals surface area contributed by atoms with E-state index in [-0.39, 0.29) is 91.7 Å². The minimum absolute atomic E-state index is 0.0296. The van der Waals surface area contributed by atoms with Crippen molar-refractivity contribution in [3.05, 3.63) is 42.0 Å². The first-order chi connectivity index (χ1) is 28.2. The maximum absolute atomic E-state index is 13.9. The molecule has 0 saturated heterocycles. The van der Waals surface area contributed by atoms with Crippen LogP contribution in [0.3, 0.4) is 0 Å². The monoisotopic (exact) mass is 848 g/mol. The van der Waals surface area contributed by atoms with Gasteiger partial charge in [-0.15, -0.1) is 11.8 Å². The summed E-state index contributed by atoms with van der Waals surface area (Å²) in [5, 5.41) is 31.7. The number of amides is 4. The Morgan fingerprint density at radius 1 is 0.763 bits per heavy atom. The van der Waals surface area contributed by atoms with Crippen molar-refractivity contribution in [1.82, 2.24) is 21.3 Å². The van der Waals surface area contributed by atoms with Crippen molar-refractivity contribution in [3.63, 3.8) is 0 Å². The van der Waals surface area contributed by atoms with Crippen LogP contribution in [0, 0.1) is 0 Å². The quantitative estimate of drug-likeness (QED) is 0.0149.